The fraction of sp³-hybridized carbons (Fsp3) is 0.231. The van der Waals surface area contributed by atoms with Crippen LogP contribution in [0, 0.1) is 17.0 Å². The molecule has 6 heteroatoms. The van der Waals surface area contributed by atoms with Gasteiger partial charge in [0, 0.05) is 11.4 Å². The third kappa shape index (κ3) is 3.03. The van der Waals surface area contributed by atoms with Crippen molar-refractivity contribution in [1.82, 2.24) is 0 Å². The molecule has 0 saturated carbocycles. The maximum absolute atomic E-state index is 11.0. The van der Waals surface area contributed by atoms with Crippen molar-refractivity contribution in [3.8, 4) is 5.75 Å². The Hall–Kier alpha value is -2.08. The third-order valence-corrected chi connectivity index (χ3v) is 3.83. The van der Waals surface area contributed by atoms with Crippen LogP contribution in [0.1, 0.15) is 10.4 Å². The van der Waals surface area contributed by atoms with Crippen molar-refractivity contribution in [2.24, 2.45) is 0 Å². The van der Waals surface area contributed by atoms with Crippen LogP contribution in [0.15, 0.2) is 29.6 Å². The molecule has 0 aliphatic carbocycles. The summed E-state index contributed by atoms with van der Waals surface area (Å²) in [5.74, 6) is 0.476. The lowest BCUT2D eigenvalue weighted by molar-refractivity contribution is -0.384. The second-order valence-corrected chi connectivity index (χ2v) is 5.02. The summed E-state index contributed by atoms with van der Waals surface area (Å²) < 4.78 is 5.00. The lowest BCUT2D eigenvalue weighted by atomic mass is 10.2. The van der Waals surface area contributed by atoms with Gasteiger partial charge < -0.3 is 10.1 Å². The van der Waals surface area contributed by atoms with Gasteiger partial charge in [-0.15, -0.1) is 11.3 Å². The molecule has 100 valence electrons. The number of aryl methyl sites for hydroxylation is 1. The number of benzene rings is 1. The van der Waals surface area contributed by atoms with Crippen LogP contribution in [-0.4, -0.2) is 12.0 Å². The maximum atomic E-state index is 11.0. The Labute approximate surface area is 115 Å². The predicted molar refractivity (Wildman–Crippen MR) is 76.0 cm³/mol. The molecular formula is C13H14N2O3S. The molecule has 0 amide bonds. The van der Waals surface area contributed by atoms with Gasteiger partial charge in [0.2, 0.25) is 0 Å². The highest BCUT2D eigenvalue weighted by molar-refractivity contribution is 7.10. The Morgan fingerprint density at radius 1 is 1.42 bits per heavy atom. The summed E-state index contributed by atoms with van der Waals surface area (Å²) >= 11 is 1.63. The number of nitro groups is 1. The molecule has 0 radical (unpaired) electrons. The summed E-state index contributed by atoms with van der Waals surface area (Å²) in [4.78, 5) is 11.8. The number of nitrogens with zero attached hydrogens (tertiary/aromatic N) is 1. The number of hydrogen-bond donors (Lipinski definition) is 1. The van der Waals surface area contributed by atoms with Gasteiger partial charge >= 0.3 is 0 Å². The quantitative estimate of drug-likeness (QED) is 0.670. The molecule has 0 aliphatic rings. The smallest absolute Gasteiger partial charge is 0.296 e. The summed E-state index contributed by atoms with van der Waals surface area (Å²) in [6.07, 6.45) is 0. The molecule has 2 aromatic rings. The lowest BCUT2D eigenvalue weighted by Crippen LogP contribution is -2.02. The molecule has 19 heavy (non-hydrogen) atoms. The fourth-order valence-electron chi connectivity index (χ4n) is 1.70. The summed E-state index contributed by atoms with van der Waals surface area (Å²) in [5, 5.41) is 16.1. The molecule has 0 fully saturated rings. The minimum Gasteiger partial charge on any atom is -0.496 e. The zero-order chi connectivity index (χ0) is 13.8. The highest BCUT2D eigenvalue weighted by Crippen LogP contribution is 2.29. The van der Waals surface area contributed by atoms with E-state index < -0.39 is 4.92 Å². The standard InChI is InChI=1S/C13H14N2O3S/c1-9-5-6-19-13(9)8-14-11-4-3-10(18-2)7-12(11)15(16)17/h3-7,14H,8H2,1-2H3. The number of rotatable bonds is 5. The Morgan fingerprint density at radius 3 is 2.79 bits per heavy atom. The van der Waals surface area contributed by atoms with Crippen molar-refractivity contribution < 1.29 is 9.66 Å². The normalized spacial score (nSPS) is 10.2. The van der Waals surface area contributed by atoms with Crippen molar-refractivity contribution in [2.75, 3.05) is 12.4 Å². The first-order valence-corrected chi connectivity index (χ1v) is 6.59. The molecule has 1 heterocycles. The molecule has 1 N–H and O–H groups in total. The van der Waals surface area contributed by atoms with Gasteiger partial charge in [0.15, 0.2) is 0 Å². The molecule has 0 unspecified atom stereocenters. The van der Waals surface area contributed by atoms with Crippen molar-refractivity contribution in [1.29, 1.82) is 0 Å². The minimum absolute atomic E-state index is 0.0218. The highest BCUT2D eigenvalue weighted by atomic mass is 32.1. The molecule has 1 aromatic heterocycles. The summed E-state index contributed by atoms with van der Waals surface area (Å²) in [6.45, 7) is 2.60. The van der Waals surface area contributed by atoms with Crippen molar-refractivity contribution in [3.63, 3.8) is 0 Å². The first kappa shape index (κ1) is 13.4. The van der Waals surface area contributed by atoms with Crippen LogP contribution in [0.3, 0.4) is 0 Å². The van der Waals surface area contributed by atoms with Crippen LogP contribution >= 0.6 is 11.3 Å². The number of methoxy groups -OCH3 is 1. The Kier molecular flexibility index (Phi) is 4.01. The van der Waals surface area contributed by atoms with E-state index >= 15 is 0 Å². The predicted octanol–water partition coefficient (Wildman–Crippen LogP) is 3.59. The van der Waals surface area contributed by atoms with Crippen LogP contribution in [0.25, 0.3) is 0 Å². The number of nitro benzene ring substituents is 1. The lowest BCUT2D eigenvalue weighted by Gasteiger charge is -2.08. The molecular weight excluding hydrogens is 264 g/mol. The fourth-order valence-corrected chi connectivity index (χ4v) is 2.55. The largest absolute Gasteiger partial charge is 0.496 e. The topological polar surface area (TPSA) is 64.4 Å². The molecule has 5 nitrogen and oxygen atoms in total. The van der Waals surface area contributed by atoms with Gasteiger partial charge in [0.1, 0.15) is 11.4 Å². The first-order valence-electron chi connectivity index (χ1n) is 5.71. The van der Waals surface area contributed by atoms with Crippen molar-refractivity contribution in [3.05, 3.63) is 50.2 Å². The number of hydrogen-bond acceptors (Lipinski definition) is 5. The van der Waals surface area contributed by atoms with Crippen LogP contribution in [0.4, 0.5) is 11.4 Å². The van der Waals surface area contributed by atoms with E-state index in [0.717, 1.165) is 0 Å². The second-order valence-electron chi connectivity index (χ2n) is 4.02. The summed E-state index contributed by atoms with van der Waals surface area (Å²) in [7, 11) is 1.49. The number of anilines is 1. The van der Waals surface area contributed by atoms with E-state index in [9.17, 15) is 10.1 Å². The van der Waals surface area contributed by atoms with E-state index in [-0.39, 0.29) is 5.69 Å². The molecule has 0 spiro atoms. The van der Waals surface area contributed by atoms with Crippen LogP contribution in [0.5, 0.6) is 5.75 Å². The Morgan fingerprint density at radius 2 is 2.21 bits per heavy atom. The van der Waals surface area contributed by atoms with Gasteiger partial charge in [-0.3, -0.25) is 10.1 Å². The van der Waals surface area contributed by atoms with Crippen LogP contribution < -0.4 is 10.1 Å². The molecule has 1 aromatic carbocycles. The maximum Gasteiger partial charge on any atom is 0.296 e. The van der Waals surface area contributed by atoms with E-state index in [1.807, 2.05) is 18.4 Å². The number of ether oxygens (including phenoxy) is 1. The van der Waals surface area contributed by atoms with E-state index in [1.165, 1.54) is 23.6 Å². The van der Waals surface area contributed by atoms with Crippen molar-refractivity contribution >= 4 is 22.7 Å². The highest BCUT2D eigenvalue weighted by Gasteiger charge is 2.15. The van der Waals surface area contributed by atoms with Crippen LogP contribution in [-0.2, 0) is 6.54 Å². The van der Waals surface area contributed by atoms with Crippen LogP contribution in [0.2, 0.25) is 0 Å². The first-order chi connectivity index (χ1) is 9.11. The molecule has 0 bridgehead atoms. The van der Waals surface area contributed by atoms with Gasteiger partial charge in [0.25, 0.3) is 5.69 Å². The summed E-state index contributed by atoms with van der Waals surface area (Å²) in [5.41, 5.74) is 1.71. The molecule has 0 aliphatic heterocycles. The average molecular weight is 278 g/mol. The molecule has 0 atom stereocenters. The molecule has 2 rings (SSSR count). The van der Waals surface area contributed by atoms with E-state index in [0.29, 0.717) is 18.0 Å². The van der Waals surface area contributed by atoms with Gasteiger partial charge in [-0.1, -0.05) is 0 Å². The monoisotopic (exact) mass is 278 g/mol. The Bertz CT molecular complexity index is 595. The van der Waals surface area contributed by atoms with Gasteiger partial charge in [0.05, 0.1) is 18.1 Å². The number of thiophene rings is 1. The minimum atomic E-state index is -0.411. The van der Waals surface area contributed by atoms with E-state index in [4.69, 9.17) is 4.74 Å². The van der Waals surface area contributed by atoms with Gasteiger partial charge in [-0.2, -0.15) is 0 Å². The average Bonchev–Trinajstić information content (AvgIpc) is 2.81. The number of nitrogens with one attached hydrogen (secondary N) is 1. The van der Waals surface area contributed by atoms with Gasteiger partial charge in [-0.05, 0) is 36.1 Å². The SMILES string of the molecule is COc1ccc(NCc2sccc2C)c([N+](=O)[O-])c1. The second kappa shape index (κ2) is 5.71. The molecule has 0 saturated heterocycles. The van der Waals surface area contributed by atoms with E-state index in [1.54, 1.807) is 23.5 Å². The zero-order valence-electron chi connectivity index (χ0n) is 10.7. The van der Waals surface area contributed by atoms with Gasteiger partial charge in [-0.25, -0.2) is 0 Å². The zero-order valence-corrected chi connectivity index (χ0v) is 11.5. The van der Waals surface area contributed by atoms with Crippen molar-refractivity contribution in [2.45, 2.75) is 13.5 Å². The third-order valence-electron chi connectivity index (χ3n) is 2.81. The summed E-state index contributed by atoms with van der Waals surface area (Å²) in [6, 6.07) is 6.82. The Balaban J connectivity index is 2.20. The van der Waals surface area contributed by atoms with E-state index in [2.05, 4.69) is 5.32 Å².